The zero-order valence-corrected chi connectivity index (χ0v) is 29.5. The molecule has 1 atom stereocenters. The van der Waals surface area contributed by atoms with E-state index in [1.54, 1.807) is 84.6 Å². The molecule has 3 N–H and O–H groups in total. The summed E-state index contributed by atoms with van der Waals surface area (Å²) >= 11 is 0. The van der Waals surface area contributed by atoms with E-state index >= 15 is 0 Å². The Bertz CT molecular complexity index is 1580. The van der Waals surface area contributed by atoms with Crippen LogP contribution in [0.2, 0.25) is 0 Å². The number of rotatable bonds is 8. The zero-order chi connectivity index (χ0) is 36.7. The molecule has 49 heavy (non-hydrogen) atoms. The summed E-state index contributed by atoms with van der Waals surface area (Å²) in [6.45, 7) is 14.4. The summed E-state index contributed by atoms with van der Waals surface area (Å²) in [6.07, 6.45) is 0.134. The Morgan fingerprint density at radius 2 is 1.37 bits per heavy atom. The molecule has 2 heterocycles. The quantitative estimate of drug-likeness (QED) is 0.275. The fourth-order valence-electron chi connectivity index (χ4n) is 4.79. The lowest BCUT2D eigenvalue weighted by molar-refractivity contribution is -0.143. The molecular weight excluding hydrogens is 638 g/mol. The third-order valence-corrected chi connectivity index (χ3v) is 7.07. The van der Waals surface area contributed by atoms with Crippen molar-refractivity contribution in [1.82, 2.24) is 30.0 Å². The van der Waals surface area contributed by atoms with E-state index in [-0.39, 0.29) is 44.3 Å². The molecule has 3 rings (SSSR count). The Kier molecular flexibility index (Phi) is 12.0. The zero-order valence-electron chi connectivity index (χ0n) is 29.5. The van der Waals surface area contributed by atoms with Crippen molar-refractivity contribution in [2.45, 2.75) is 84.6 Å². The van der Waals surface area contributed by atoms with Gasteiger partial charge in [-0.3, -0.25) is 14.7 Å². The first-order valence-corrected chi connectivity index (χ1v) is 15.8. The van der Waals surface area contributed by atoms with Gasteiger partial charge in [0.25, 0.3) is 0 Å². The maximum atomic E-state index is 13.1. The second kappa shape index (κ2) is 15.4. The number of ether oxygens (including phenoxy) is 3. The Labute approximate surface area is 285 Å². The van der Waals surface area contributed by atoms with Crippen LogP contribution in [0.3, 0.4) is 0 Å². The van der Waals surface area contributed by atoms with Crippen molar-refractivity contribution in [3.05, 3.63) is 52.6 Å². The Morgan fingerprint density at radius 3 is 1.90 bits per heavy atom. The van der Waals surface area contributed by atoms with E-state index in [0.29, 0.717) is 11.3 Å². The van der Waals surface area contributed by atoms with Gasteiger partial charge in [-0.1, -0.05) is 12.1 Å². The number of aromatic nitrogens is 2. The summed E-state index contributed by atoms with van der Waals surface area (Å²) in [7, 11) is 1.22. The van der Waals surface area contributed by atoms with Gasteiger partial charge in [0.05, 0.1) is 12.8 Å². The van der Waals surface area contributed by atoms with Gasteiger partial charge in [0.15, 0.2) is 0 Å². The molecule has 1 saturated heterocycles. The number of nitrogens with zero attached hydrogens (tertiary/aromatic N) is 4. The van der Waals surface area contributed by atoms with Gasteiger partial charge in [-0.2, -0.15) is 4.98 Å². The van der Waals surface area contributed by atoms with Crippen LogP contribution in [-0.2, 0) is 30.2 Å². The first-order valence-electron chi connectivity index (χ1n) is 15.8. The Balaban J connectivity index is 1.57. The number of esters is 1. The van der Waals surface area contributed by atoms with Crippen LogP contribution in [-0.4, -0.2) is 106 Å². The third kappa shape index (κ3) is 11.5. The molecule has 0 unspecified atom stereocenters. The molecule has 0 spiro atoms. The van der Waals surface area contributed by atoms with Crippen molar-refractivity contribution >= 4 is 35.9 Å². The molecule has 1 fully saturated rings. The van der Waals surface area contributed by atoms with Gasteiger partial charge in [-0.05, 0) is 79.2 Å². The van der Waals surface area contributed by atoms with Crippen LogP contribution in [0.15, 0.2) is 41.3 Å². The number of nitrogens with one attached hydrogen (secondary N) is 3. The topological polar surface area (TPSA) is 190 Å². The Hall–Kier alpha value is -5.15. The third-order valence-electron chi connectivity index (χ3n) is 7.07. The van der Waals surface area contributed by atoms with Crippen molar-refractivity contribution < 1.29 is 38.2 Å². The van der Waals surface area contributed by atoms with Gasteiger partial charge >= 0.3 is 29.9 Å². The van der Waals surface area contributed by atoms with E-state index in [1.165, 1.54) is 28.8 Å². The van der Waals surface area contributed by atoms with Crippen molar-refractivity contribution in [2.24, 2.45) is 0 Å². The SMILES string of the molecule is COC(=O)[C@H](Cc1ccc(-n2ccc(NC(=O)N3CCN(C(=O)C(C)(C)NC(=O)OC(C)(C)C)CC3)nc2=O)cc1)NC(=O)OC(C)(C)C. The minimum Gasteiger partial charge on any atom is -0.467 e. The van der Waals surface area contributed by atoms with Gasteiger partial charge in [0.2, 0.25) is 5.91 Å². The molecule has 1 aromatic heterocycles. The van der Waals surface area contributed by atoms with Crippen LogP contribution in [0.25, 0.3) is 5.69 Å². The van der Waals surface area contributed by atoms with Crippen molar-refractivity contribution in [3.63, 3.8) is 0 Å². The predicted molar refractivity (Wildman–Crippen MR) is 179 cm³/mol. The highest BCUT2D eigenvalue weighted by atomic mass is 16.6. The lowest BCUT2D eigenvalue weighted by Gasteiger charge is -2.38. The van der Waals surface area contributed by atoms with Crippen LogP contribution in [0.4, 0.5) is 20.2 Å². The van der Waals surface area contributed by atoms with Crippen LogP contribution in [0, 0.1) is 0 Å². The van der Waals surface area contributed by atoms with Crippen LogP contribution < -0.4 is 21.6 Å². The van der Waals surface area contributed by atoms with Crippen molar-refractivity contribution in [2.75, 3.05) is 38.6 Å². The molecule has 5 amide bonds. The monoisotopic (exact) mass is 685 g/mol. The molecule has 1 aliphatic heterocycles. The lowest BCUT2D eigenvalue weighted by atomic mass is 10.0. The number of hydrogen-bond donors (Lipinski definition) is 3. The summed E-state index contributed by atoms with van der Waals surface area (Å²) in [6, 6.07) is 6.72. The number of carbonyl (C=O) groups is 5. The van der Waals surface area contributed by atoms with Crippen molar-refractivity contribution in [1.29, 1.82) is 0 Å². The Morgan fingerprint density at radius 1 is 0.816 bits per heavy atom. The van der Waals surface area contributed by atoms with Gasteiger partial charge in [-0.25, -0.2) is 24.0 Å². The number of amides is 5. The molecule has 16 heteroatoms. The summed E-state index contributed by atoms with van der Waals surface area (Å²) < 4.78 is 16.6. The molecular formula is C33H47N7O9. The average molecular weight is 686 g/mol. The minimum absolute atomic E-state index is 0.0539. The summed E-state index contributed by atoms with van der Waals surface area (Å²) in [5.41, 5.74) is -2.14. The van der Waals surface area contributed by atoms with Gasteiger partial charge < -0.3 is 34.6 Å². The number of methoxy groups -OCH3 is 1. The fourth-order valence-corrected chi connectivity index (χ4v) is 4.79. The maximum absolute atomic E-state index is 13.1. The number of urea groups is 1. The molecule has 0 bridgehead atoms. The molecule has 1 aliphatic rings. The molecule has 16 nitrogen and oxygen atoms in total. The number of benzene rings is 1. The van der Waals surface area contributed by atoms with Crippen LogP contribution in [0.1, 0.15) is 61.0 Å². The highest BCUT2D eigenvalue weighted by molar-refractivity contribution is 5.90. The number of anilines is 1. The molecule has 1 aromatic carbocycles. The predicted octanol–water partition coefficient (Wildman–Crippen LogP) is 2.82. The smallest absolute Gasteiger partial charge is 0.408 e. The van der Waals surface area contributed by atoms with E-state index in [0.717, 1.165) is 0 Å². The summed E-state index contributed by atoms with van der Waals surface area (Å²) in [5.74, 6) is -0.893. The second-order valence-electron chi connectivity index (χ2n) is 14.0. The highest BCUT2D eigenvalue weighted by Crippen LogP contribution is 2.16. The largest absolute Gasteiger partial charge is 0.467 e. The average Bonchev–Trinajstić information content (AvgIpc) is 2.98. The highest BCUT2D eigenvalue weighted by Gasteiger charge is 2.37. The van der Waals surface area contributed by atoms with Crippen LogP contribution in [0.5, 0.6) is 0 Å². The van der Waals surface area contributed by atoms with E-state index in [1.807, 2.05) is 0 Å². The van der Waals surface area contributed by atoms with E-state index in [4.69, 9.17) is 14.2 Å². The first kappa shape index (κ1) is 38.3. The molecule has 0 radical (unpaired) electrons. The summed E-state index contributed by atoms with van der Waals surface area (Å²) in [4.78, 5) is 82.7. The van der Waals surface area contributed by atoms with Crippen molar-refractivity contribution in [3.8, 4) is 5.69 Å². The molecule has 268 valence electrons. The fraction of sp³-hybridized carbons (Fsp3) is 0.545. The van der Waals surface area contributed by atoms with Crippen LogP contribution >= 0.6 is 0 Å². The maximum Gasteiger partial charge on any atom is 0.408 e. The minimum atomic E-state index is -1.22. The number of alkyl carbamates (subject to hydrolysis) is 2. The molecule has 0 aliphatic carbocycles. The molecule has 0 saturated carbocycles. The van der Waals surface area contributed by atoms with Gasteiger partial charge in [-0.15, -0.1) is 0 Å². The standard InChI is InChI=1S/C33H47N7O9/c1-31(2,3)48-29(45)34-23(25(41)47-9)20-21-10-12-22(13-11-21)40-15-14-24(36-28(40)44)35-27(43)39-18-16-38(17-19-39)26(42)33(7,8)37-30(46)49-32(4,5)6/h10-15,23H,16-20H2,1-9H3,(H,34,45)(H,37,46)(H,35,36,43,44)/t23-/m0/s1. The summed E-state index contributed by atoms with van der Waals surface area (Å²) in [5, 5.41) is 7.76. The van der Waals surface area contributed by atoms with E-state index < -0.39 is 52.7 Å². The van der Waals surface area contributed by atoms with E-state index in [9.17, 15) is 28.8 Å². The van der Waals surface area contributed by atoms with Gasteiger partial charge in [0.1, 0.15) is 28.6 Å². The molecule has 2 aromatic rings. The number of carbonyl (C=O) groups excluding carboxylic acids is 5. The normalized spacial score (nSPS) is 14.3. The number of hydrogen-bond acceptors (Lipinski definition) is 10. The van der Waals surface area contributed by atoms with E-state index in [2.05, 4.69) is 20.9 Å². The first-order chi connectivity index (χ1) is 22.7. The lowest BCUT2D eigenvalue weighted by Crippen LogP contribution is -2.60. The number of piperazine rings is 1. The van der Waals surface area contributed by atoms with Gasteiger partial charge in [0, 0.05) is 38.8 Å². The second-order valence-corrected chi connectivity index (χ2v) is 14.0.